The molecule has 0 bridgehead atoms. The zero-order valence-electron chi connectivity index (χ0n) is 21.1. The van der Waals surface area contributed by atoms with E-state index in [1.54, 1.807) is 0 Å². The van der Waals surface area contributed by atoms with Gasteiger partial charge in [-0.2, -0.15) is 0 Å². The third kappa shape index (κ3) is 6.71. The molecule has 174 valence electrons. The minimum Gasteiger partial charge on any atom is -0.311 e. The van der Waals surface area contributed by atoms with Crippen molar-refractivity contribution >= 4 is 11.4 Å². The summed E-state index contributed by atoms with van der Waals surface area (Å²) in [6.45, 7) is 12.3. The zero-order chi connectivity index (χ0) is 24.3. The van der Waals surface area contributed by atoms with Gasteiger partial charge in [-0.1, -0.05) is 97.5 Å². The largest absolute Gasteiger partial charge is 0.311 e. The van der Waals surface area contributed by atoms with E-state index < -0.39 is 0 Å². The summed E-state index contributed by atoms with van der Waals surface area (Å²) < 4.78 is 0. The molecular formula is C33H37N. The molecule has 1 nitrogen and oxygen atoms in total. The van der Waals surface area contributed by atoms with Crippen molar-refractivity contribution in [3.63, 3.8) is 0 Å². The summed E-state index contributed by atoms with van der Waals surface area (Å²) in [5.41, 5.74) is 9.95. The van der Waals surface area contributed by atoms with Crippen LogP contribution in [-0.2, 0) is 6.42 Å². The van der Waals surface area contributed by atoms with E-state index in [0.29, 0.717) is 0 Å². The molecule has 0 aliphatic rings. The van der Waals surface area contributed by atoms with Crippen LogP contribution in [0.1, 0.15) is 44.7 Å². The SMILES string of the molecule is C=C/C=C(/C)CCc1ccc(-c2ccc(N(C(/C=C\CC)=C/C)c3ccc(C)cc3)cc2)cc1. The summed E-state index contributed by atoms with van der Waals surface area (Å²) >= 11 is 0. The molecule has 0 unspecified atom stereocenters. The molecule has 3 rings (SSSR count). The molecule has 0 spiro atoms. The Bertz CT molecular complexity index is 1140. The summed E-state index contributed by atoms with van der Waals surface area (Å²) in [4.78, 5) is 2.32. The lowest BCUT2D eigenvalue weighted by atomic mass is 10.00. The van der Waals surface area contributed by atoms with Crippen molar-refractivity contribution in [2.75, 3.05) is 4.90 Å². The molecule has 0 fully saturated rings. The van der Waals surface area contributed by atoms with Crippen LogP contribution in [0.3, 0.4) is 0 Å². The minimum atomic E-state index is 1.01. The molecule has 0 saturated carbocycles. The predicted molar refractivity (Wildman–Crippen MR) is 151 cm³/mol. The average Bonchev–Trinajstić information content (AvgIpc) is 2.87. The van der Waals surface area contributed by atoms with E-state index >= 15 is 0 Å². The average molecular weight is 448 g/mol. The number of allylic oxidation sites excluding steroid dienone is 6. The molecule has 3 aromatic rings. The van der Waals surface area contributed by atoms with Crippen molar-refractivity contribution < 1.29 is 0 Å². The molecular weight excluding hydrogens is 410 g/mol. The zero-order valence-corrected chi connectivity index (χ0v) is 21.1. The number of rotatable bonds is 10. The lowest BCUT2D eigenvalue weighted by Crippen LogP contribution is -2.15. The Morgan fingerprint density at radius 1 is 0.853 bits per heavy atom. The molecule has 0 aliphatic heterocycles. The number of aryl methyl sites for hydroxylation is 2. The molecule has 3 aromatic carbocycles. The Hall–Kier alpha value is -3.58. The monoisotopic (exact) mass is 447 g/mol. The Labute approximate surface area is 206 Å². The molecule has 0 heterocycles. The summed E-state index contributed by atoms with van der Waals surface area (Å²) in [5.74, 6) is 0. The molecule has 0 saturated heterocycles. The number of nitrogens with zero attached hydrogens (tertiary/aromatic N) is 1. The van der Waals surface area contributed by atoms with E-state index in [9.17, 15) is 0 Å². The van der Waals surface area contributed by atoms with Gasteiger partial charge in [0.25, 0.3) is 0 Å². The normalized spacial score (nSPS) is 12.2. The van der Waals surface area contributed by atoms with Gasteiger partial charge in [0.15, 0.2) is 0 Å². The van der Waals surface area contributed by atoms with Crippen LogP contribution >= 0.6 is 0 Å². The first kappa shape index (κ1) is 25.1. The van der Waals surface area contributed by atoms with Crippen molar-refractivity contribution in [1.82, 2.24) is 0 Å². The second-order valence-corrected chi connectivity index (χ2v) is 8.69. The quantitative estimate of drug-likeness (QED) is 0.280. The first-order chi connectivity index (χ1) is 16.5. The highest BCUT2D eigenvalue weighted by atomic mass is 15.1. The van der Waals surface area contributed by atoms with Gasteiger partial charge in [-0.15, -0.1) is 0 Å². The number of hydrogen-bond donors (Lipinski definition) is 0. The van der Waals surface area contributed by atoms with E-state index in [2.05, 4.69) is 136 Å². The highest BCUT2D eigenvalue weighted by Crippen LogP contribution is 2.32. The van der Waals surface area contributed by atoms with Gasteiger partial charge in [-0.3, -0.25) is 0 Å². The molecule has 0 aliphatic carbocycles. The first-order valence-corrected chi connectivity index (χ1v) is 12.2. The van der Waals surface area contributed by atoms with Crippen LogP contribution in [-0.4, -0.2) is 0 Å². The van der Waals surface area contributed by atoms with Crippen molar-refractivity contribution in [3.05, 3.63) is 132 Å². The maximum Gasteiger partial charge on any atom is 0.0461 e. The van der Waals surface area contributed by atoms with Gasteiger partial charge in [-0.05, 0) is 87.1 Å². The van der Waals surface area contributed by atoms with E-state index in [1.165, 1.54) is 33.5 Å². The van der Waals surface area contributed by atoms with Gasteiger partial charge in [0, 0.05) is 17.1 Å². The third-order valence-corrected chi connectivity index (χ3v) is 5.99. The van der Waals surface area contributed by atoms with E-state index in [4.69, 9.17) is 0 Å². The van der Waals surface area contributed by atoms with Crippen molar-refractivity contribution in [1.29, 1.82) is 0 Å². The van der Waals surface area contributed by atoms with Crippen LogP contribution in [0, 0.1) is 6.92 Å². The standard InChI is InChI=1S/C33H37N/c1-6-9-11-31(8-3)34(32-22-13-27(5)14-23-32)33-24-20-30(21-25-33)29-18-16-28(17-19-29)15-12-26(4)10-7-2/h7-11,13-14,16-25H,2,6,12,15H2,1,3-5H3/b11-9-,26-10-,31-8+. The van der Waals surface area contributed by atoms with E-state index in [1.807, 2.05) is 6.08 Å². The van der Waals surface area contributed by atoms with Gasteiger partial charge in [0.2, 0.25) is 0 Å². The highest BCUT2D eigenvalue weighted by molar-refractivity contribution is 5.73. The van der Waals surface area contributed by atoms with Gasteiger partial charge in [0.05, 0.1) is 0 Å². The predicted octanol–water partition coefficient (Wildman–Crippen LogP) is 9.74. The fourth-order valence-corrected chi connectivity index (χ4v) is 3.97. The molecule has 0 radical (unpaired) electrons. The van der Waals surface area contributed by atoms with Crippen LogP contribution < -0.4 is 4.90 Å². The topological polar surface area (TPSA) is 3.24 Å². The second kappa shape index (κ2) is 12.6. The molecule has 0 atom stereocenters. The van der Waals surface area contributed by atoms with Crippen LogP contribution in [0.2, 0.25) is 0 Å². The fraction of sp³-hybridized carbons (Fsp3) is 0.212. The lowest BCUT2D eigenvalue weighted by Gasteiger charge is -2.26. The maximum absolute atomic E-state index is 3.78. The Morgan fingerprint density at radius 2 is 1.41 bits per heavy atom. The molecule has 34 heavy (non-hydrogen) atoms. The van der Waals surface area contributed by atoms with Gasteiger partial charge in [0.1, 0.15) is 0 Å². The van der Waals surface area contributed by atoms with E-state index in [-0.39, 0.29) is 0 Å². The Kier molecular flexibility index (Phi) is 9.29. The van der Waals surface area contributed by atoms with Crippen LogP contribution in [0.4, 0.5) is 11.4 Å². The first-order valence-electron chi connectivity index (χ1n) is 12.2. The summed E-state index contributed by atoms with van der Waals surface area (Å²) in [6, 6.07) is 26.6. The Morgan fingerprint density at radius 3 is 1.94 bits per heavy atom. The van der Waals surface area contributed by atoms with Crippen molar-refractivity contribution in [3.8, 4) is 11.1 Å². The third-order valence-electron chi connectivity index (χ3n) is 5.99. The minimum absolute atomic E-state index is 1.01. The maximum atomic E-state index is 3.78. The molecule has 0 amide bonds. The molecule has 0 N–H and O–H groups in total. The highest BCUT2D eigenvalue weighted by Gasteiger charge is 2.13. The molecule has 0 aromatic heterocycles. The lowest BCUT2D eigenvalue weighted by molar-refractivity contribution is 0.941. The smallest absolute Gasteiger partial charge is 0.0461 e. The van der Waals surface area contributed by atoms with Crippen LogP contribution in [0.25, 0.3) is 11.1 Å². The van der Waals surface area contributed by atoms with Gasteiger partial charge in [-0.25, -0.2) is 0 Å². The summed E-state index contributed by atoms with van der Waals surface area (Å²) in [6.07, 6.45) is 13.7. The summed E-state index contributed by atoms with van der Waals surface area (Å²) in [7, 11) is 0. The Balaban J connectivity index is 1.84. The fourth-order valence-electron chi connectivity index (χ4n) is 3.97. The summed E-state index contributed by atoms with van der Waals surface area (Å²) in [5, 5.41) is 0. The van der Waals surface area contributed by atoms with Gasteiger partial charge < -0.3 is 4.90 Å². The molecule has 1 heteroatoms. The second-order valence-electron chi connectivity index (χ2n) is 8.69. The number of hydrogen-bond acceptors (Lipinski definition) is 1. The van der Waals surface area contributed by atoms with Crippen LogP contribution in [0.15, 0.2) is 121 Å². The van der Waals surface area contributed by atoms with Gasteiger partial charge >= 0.3 is 0 Å². The number of anilines is 2. The number of benzene rings is 3. The van der Waals surface area contributed by atoms with E-state index in [0.717, 1.165) is 30.6 Å². The van der Waals surface area contributed by atoms with Crippen LogP contribution in [0.5, 0.6) is 0 Å². The van der Waals surface area contributed by atoms with Crippen molar-refractivity contribution in [2.45, 2.75) is 47.0 Å². The van der Waals surface area contributed by atoms with Crippen molar-refractivity contribution in [2.24, 2.45) is 0 Å².